The second kappa shape index (κ2) is 3.25. The van der Waals surface area contributed by atoms with Gasteiger partial charge in [0.2, 0.25) is 0 Å². The minimum atomic E-state index is -0.956. The number of nitrogens with zero attached hydrogens (tertiary/aromatic N) is 2. The summed E-state index contributed by atoms with van der Waals surface area (Å²) in [6, 6.07) is 4.28. The molecular formula is C12H14N2OS. The molecule has 2 aliphatic rings. The quantitative estimate of drug-likeness (QED) is 0.644. The topological polar surface area (TPSA) is 64.7 Å². The van der Waals surface area contributed by atoms with Gasteiger partial charge in [-0.3, -0.25) is 4.79 Å². The van der Waals surface area contributed by atoms with Gasteiger partial charge >= 0.3 is 0 Å². The monoisotopic (exact) mass is 234 g/mol. The predicted molar refractivity (Wildman–Crippen MR) is 61.4 cm³/mol. The minimum absolute atomic E-state index is 0.0858. The summed E-state index contributed by atoms with van der Waals surface area (Å²) in [5.41, 5.74) is -0.956. The molecule has 1 aliphatic carbocycles. The van der Waals surface area contributed by atoms with E-state index in [1.807, 2.05) is 20.8 Å². The molecule has 0 unspecified atom stereocenters. The van der Waals surface area contributed by atoms with Crippen LogP contribution in [0.5, 0.6) is 0 Å². The van der Waals surface area contributed by atoms with Crippen molar-refractivity contribution in [3.8, 4) is 12.1 Å². The van der Waals surface area contributed by atoms with Gasteiger partial charge in [-0.15, -0.1) is 11.8 Å². The summed E-state index contributed by atoms with van der Waals surface area (Å²) in [5.74, 6) is 0.0169. The van der Waals surface area contributed by atoms with Gasteiger partial charge in [0, 0.05) is 22.3 Å². The van der Waals surface area contributed by atoms with E-state index in [9.17, 15) is 15.3 Å². The molecule has 16 heavy (non-hydrogen) atoms. The third-order valence-electron chi connectivity index (χ3n) is 3.82. The van der Waals surface area contributed by atoms with Gasteiger partial charge in [0.15, 0.2) is 5.41 Å². The average Bonchev–Trinajstić information content (AvgIpc) is 2.17. The summed E-state index contributed by atoms with van der Waals surface area (Å²) >= 11 is 1.64. The standard InChI is InChI=1S/C12H14N2OS/c1-7-9-8(15)4-11(2,3)16-10(9)12(7,5-13)6-14/h7,9-10H,4H2,1-3H3/t7-,9+,10-/m1/s1. The van der Waals surface area contributed by atoms with E-state index >= 15 is 0 Å². The fraction of sp³-hybridized carbons (Fsp3) is 0.750. The summed E-state index contributed by atoms with van der Waals surface area (Å²) in [7, 11) is 0. The number of fused-ring (bicyclic) bond motifs is 1. The molecule has 1 saturated heterocycles. The Morgan fingerprint density at radius 1 is 1.38 bits per heavy atom. The number of thioether (sulfide) groups is 1. The van der Waals surface area contributed by atoms with Crippen molar-refractivity contribution in [2.45, 2.75) is 37.2 Å². The fourth-order valence-electron chi connectivity index (χ4n) is 2.86. The van der Waals surface area contributed by atoms with Gasteiger partial charge in [-0.1, -0.05) is 20.8 Å². The van der Waals surface area contributed by atoms with Crippen LogP contribution in [0, 0.1) is 39.9 Å². The first-order valence-electron chi connectivity index (χ1n) is 5.41. The number of rotatable bonds is 0. The molecule has 0 aromatic heterocycles. The summed E-state index contributed by atoms with van der Waals surface area (Å²) in [6.45, 7) is 5.87. The Hall–Kier alpha value is -1.00. The first-order chi connectivity index (χ1) is 7.38. The third-order valence-corrected chi connectivity index (χ3v) is 5.52. The Balaban J connectivity index is 2.37. The molecule has 0 bridgehead atoms. The van der Waals surface area contributed by atoms with Crippen LogP contribution in [0.4, 0.5) is 0 Å². The summed E-state index contributed by atoms with van der Waals surface area (Å²) < 4.78 is -0.142. The number of ketones is 1. The molecule has 0 radical (unpaired) electrons. The van der Waals surface area contributed by atoms with Gasteiger partial charge in [0.05, 0.1) is 12.1 Å². The Bertz CT molecular complexity index is 415. The van der Waals surface area contributed by atoms with Crippen molar-refractivity contribution in [3.05, 3.63) is 0 Å². The second-order valence-electron chi connectivity index (χ2n) is 5.35. The highest BCUT2D eigenvalue weighted by atomic mass is 32.2. The van der Waals surface area contributed by atoms with Gasteiger partial charge in [-0.05, 0) is 5.92 Å². The highest BCUT2D eigenvalue weighted by molar-refractivity contribution is 8.01. The fourth-order valence-corrected chi connectivity index (χ4v) is 4.81. The molecule has 0 aromatic carbocycles. The highest BCUT2D eigenvalue weighted by Crippen LogP contribution is 2.62. The Kier molecular flexibility index (Phi) is 2.33. The lowest BCUT2D eigenvalue weighted by atomic mass is 9.53. The third kappa shape index (κ3) is 1.23. The summed E-state index contributed by atoms with van der Waals surface area (Å²) in [6.07, 6.45) is 0.552. The molecule has 2 rings (SSSR count). The van der Waals surface area contributed by atoms with E-state index in [1.54, 1.807) is 11.8 Å². The van der Waals surface area contributed by atoms with Crippen LogP contribution in [0.3, 0.4) is 0 Å². The molecule has 0 amide bonds. The van der Waals surface area contributed by atoms with Gasteiger partial charge in [-0.2, -0.15) is 10.5 Å². The first kappa shape index (κ1) is 11.5. The van der Waals surface area contributed by atoms with E-state index in [2.05, 4.69) is 12.1 Å². The van der Waals surface area contributed by atoms with E-state index in [-0.39, 0.29) is 27.6 Å². The zero-order chi connectivity index (χ0) is 12.1. The van der Waals surface area contributed by atoms with Gasteiger partial charge in [0.1, 0.15) is 5.78 Å². The molecule has 4 heteroatoms. The molecule has 1 saturated carbocycles. The van der Waals surface area contributed by atoms with E-state index < -0.39 is 5.41 Å². The van der Waals surface area contributed by atoms with Crippen molar-refractivity contribution in [1.82, 2.24) is 0 Å². The van der Waals surface area contributed by atoms with Crippen LogP contribution in [-0.4, -0.2) is 15.8 Å². The maximum atomic E-state index is 12.0. The number of carbonyl (C=O) groups is 1. The largest absolute Gasteiger partial charge is 0.299 e. The molecule has 1 aliphatic heterocycles. The lowest BCUT2D eigenvalue weighted by Crippen LogP contribution is -2.63. The summed E-state index contributed by atoms with van der Waals surface area (Å²) in [4.78, 5) is 12.0. The molecule has 3 nitrogen and oxygen atoms in total. The van der Waals surface area contributed by atoms with Crippen molar-refractivity contribution in [2.24, 2.45) is 17.3 Å². The van der Waals surface area contributed by atoms with Crippen LogP contribution < -0.4 is 0 Å². The number of hydrogen-bond donors (Lipinski definition) is 0. The summed E-state index contributed by atoms with van der Waals surface area (Å²) in [5, 5.41) is 18.3. The van der Waals surface area contributed by atoms with Crippen molar-refractivity contribution >= 4 is 17.5 Å². The van der Waals surface area contributed by atoms with E-state index in [0.717, 1.165) is 0 Å². The Morgan fingerprint density at radius 3 is 2.44 bits per heavy atom. The molecule has 2 fully saturated rings. The highest BCUT2D eigenvalue weighted by Gasteiger charge is 2.67. The minimum Gasteiger partial charge on any atom is -0.299 e. The van der Waals surface area contributed by atoms with Crippen LogP contribution in [0.2, 0.25) is 0 Å². The Labute approximate surface area is 99.8 Å². The smallest absolute Gasteiger partial charge is 0.159 e. The predicted octanol–water partition coefficient (Wildman–Crippen LogP) is 2.14. The second-order valence-corrected chi connectivity index (χ2v) is 7.20. The van der Waals surface area contributed by atoms with E-state index in [4.69, 9.17) is 0 Å². The lowest BCUT2D eigenvalue weighted by molar-refractivity contribution is -0.132. The molecule has 84 valence electrons. The zero-order valence-corrected chi connectivity index (χ0v) is 10.5. The molecule has 1 heterocycles. The lowest BCUT2D eigenvalue weighted by Gasteiger charge is -2.56. The maximum absolute atomic E-state index is 12.0. The Morgan fingerprint density at radius 2 is 1.94 bits per heavy atom. The molecule has 0 N–H and O–H groups in total. The van der Waals surface area contributed by atoms with Gasteiger partial charge in [-0.25, -0.2) is 0 Å². The van der Waals surface area contributed by atoms with Crippen LogP contribution in [0.1, 0.15) is 27.2 Å². The van der Waals surface area contributed by atoms with Crippen molar-refractivity contribution in [3.63, 3.8) is 0 Å². The molecule has 0 spiro atoms. The normalized spacial score (nSPS) is 38.8. The number of Topliss-reactive ketones (excluding diaryl/α,β-unsaturated/α-hetero) is 1. The van der Waals surface area contributed by atoms with Gasteiger partial charge < -0.3 is 0 Å². The van der Waals surface area contributed by atoms with Gasteiger partial charge in [0.25, 0.3) is 0 Å². The number of carbonyl (C=O) groups excluding carboxylic acids is 1. The van der Waals surface area contributed by atoms with Crippen molar-refractivity contribution in [2.75, 3.05) is 0 Å². The van der Waals surface area contributed by atoms with Crippen LogP contribution in [-0.2, 0) is 4.79 Å². The maximum Gasteiger partial charge on any atom is 0.159 e. The van der Waals surface area contributed by atoms with Crippen molar-refractivity contribution < 1.29 is 4.79 Å². The molecular weight excluding hydrogens is 220 g/mol. The average molecular weight is 234 g/mol. The van der Waals surface area contributed by atoms with E-state index in [0.29, 0.717) is 6.42 Å². The molecule has 3 atom stereocenters. The number of nitriles is 2. The zero-order valence-electron chi connectivity index (χ0n) is 9.65. The van der Waals surface area contributed by atoms with E-state index in [1.165, 1.54) is 0 Å². The van der Waals surface area contributed by atoms with Crippen LogP contribution in [0.25, 0.3) is 0 Å². The number of hydrogen-bond acceptors (Lipinski definition) is 4. The SMILES string of the molecule is C[C@@H]1[C@H]2C(=O)CC(C)(C)S[C@H]2C1(C#N)C#N. The van der Waals surface area contributed by atoms with Crippen LogP contribution in [0.15, 0.2) is 0 Å². The molecule has 0 aromatic rings. The van der Waals surface area contributed by atoms with Crippen LogP contribution >= 0.6 is 11.8 Å². The van der Waals surface area contributed by atoms with Crippen molar-refractivity contribution in [1.29, 1.82) is 10.5 Å². The first-order valence-corrected chi connectivity index (χ1v) is 6.29.